The molecule has 0 aliphatic carbocycles. The number of benzene rings is 2. The van der Waals surface area contributed by atoms with E-state index in [4.69, 9.17) is 5.26 Å². The van der Waals surface area contributed by atoms with Crippen LogP contribution in [0.3, 0.4) is 0 Å². The molecule has 2 aromatic carbocycles. The molecule has 3 aromatic rings. The lowest BCUT2D eigenvalue weighted by atomic mass is 10.1. The number of carbonyl (C=O) groups is 1. The number of nitrogens with zero attached hydrogens (tertiary/aromatic N) is 4. The van der Waals surface area contributed by atoms with Gasteiger partial charge in [-0.25, -0.2) is 0 Å². The summed E-state index contributed by atoms with van der Waals surface area (Å²) in [6, 6.07) is 17.7. The van der Waals surface area contributed by atoms with Crippen LogP contribution in [-0.4, -0.2) is 30.2 Å². The van der Waals surface area contributed by atoms with Crippen molar-refractivity contribution in [2.24, 2.45) is 0 Å². The standard InChI is InChI=1S/C20H18N6O/c1-26(2)18-11-19(25-22-13-18)23-16-7-9-17(10-8-16)24-20(27)15-5-3-14(12-21)4-6-15/h3-11,13H,1-2H3,(H,23,25)(H,24,27). The van der Waals surface area contributed by atoms with Crippen LogP contribution in [-0.2, 0) is 0 Å². The molecule has 0 spiro atoms. The summed E-state index contributed by atoms with van der Waals surface area (Å²) in [6.07, 6.45) is 1.69. The minimum absolute atomic E-state index is 0.232. The fourth-order valence-corrected chi connectivity index (χ4v) is 2.35. The monoisotopic (exact) mass is 358 g/mol. The molecule has 27 heavy (non-hydrogen) atoms. The molecule has 134 valence electrons. The molecule has 0 bridgehead atoms. The van der Waals surface area contributed by atoms with Gasteiger partial charge in [0.25, 0.3) is 5.91 Å². The van der Waals surface area contributed by atoms with Gasteiger partial charge < -0.3 is 15.5 Å². The Balaban J connectivity index is 1.65. The van der Waals surface area contributed by atoms with Crippen molar-refractivity contribution in [2.45, 2.75) is 0 Å². The first kappa shape index (κ1) is 17.9. The third-order valence-electron chi connectivity index (χ3n) is 3.85. The molecule has 0 aliphatic heterocycles. The molecule has 0 aliphatic rings. The number of anilines is 4. The fourth-order valence-electron chi connectivity index (χ4n) is 2.35. The van der Waals surface area contributed by atoms with Crippen LogP contribution in [0.15, 0.2) is 60.8 Å². The highest BCUT2D eigenvalue weighted by atomic mass is 16.1. The zero-order valence-electron chi connectivity index (χ0n) is 15.0. The average molecular weight is 358 g/mol. The van der Waals surface area contributed by atoms with Gasteiger partial charge in [-0.05, 0) is 48.5 Å². The second-order valence-corrected chi connectivity index (χ2v) is 6.04. The van der Waals surface area contributed by atoms with Gasteiger partial charge in [0.15, 0.2) is 5.82 Å². The molecule has 3 rings (SSSR count). The lowest BCUT2D eigenvalue weighted by Gasteiger charge is -2.13. The summed E-state index contributed by atoms with van der Waals surface area (Å²) >= 11 is 0. The van der Waals surface area contributed by atoms with Crippen molar-refractivity contribution in [3.63, 3.8) is 0 Å². The Morgan fingerprint density at radius 3 is 2.33 bits per heavy atom. The Kier molecular flexibility index (Phi) is 5.28. The van der Waals surface area contributed by atoms with Crippen LogP contribution < -0.4 is 15.5 Å². The van der Waals surface area contributed by atoms with Crippen molar-refractivity contribution < 1.29 is 4.79 Å². The molecular formula is C20H18N6O. The van der Waals surface area contributed by atoms with Gasteiger partial charge in [0.05, 0.1) is 23.5 Å². The number of amides is 1. The van der Waals surface area contributed by atoms with Gasteiger partial charge in [-0.2, -0.15) is 10.4 Å². The number of hydrogen-bond acceptors (Lipinski definition) is 6. The van der Waals surface area contributed by atoms with Gasteiger partial charge in [0, 0.05) is 37.1 Å². The first-order valence-corrected chi connectivity index (χ1v) is 8.24. The maximum atomic E-state index is 12.3. The molecule has 7 heteroatoms. The maximum Gasteiger partial charge on any atom is 0.255 e. The van der Waals surface area contributed by atoms with Gasteiger partial charge in [-0.3, -0.25) is 4.79 Å². The van der Waals surface area contributed by atoms with E-state index in [1.54, 1.807) is 42.6 Å². The van der Waals surface area contributed by atoms with Crippen molar-refractivity contribution in [1.82, 2.24) is 10.2 Å². The van der Waals surface area contributed by atoms with Crippen LogP contribution in [0.1, 0.15) is 15.9 Å². The van der Waals surface area contributed by atoms with E-state index in [1.165, 1.54) is 0 Å². The van der Waals surface area contributed by atoms with Gasteiger partial charge in [0.2, 0.25) is 0 Å². The van der Waals surface area contributed by atoms with Crippen LogP contribution in [0.2, 0.25) is 0 Å². The van der Waals surface area contributed by atoms with Crippen molar-refractivity contribution >= 4 is 28.8 Å². The second-order valence-electron chi connectivity index (χ2n) is 6.04. The molecule has 1 aromatic heterocycles. The van der Waals surface area contributed by atoms with E-state index in [0.29, 0.717) is 22.6 Å². The van der Waals surface area contributed by atoms with Gasteiger partial charge in [0.1, 0.15) is 0 Å². The minimum Gasteiger partial charge on any atom is -0.376 e. The Morgan fingerprint density at radius 2 is 1.70 bits per heavy atom. The minimum atomic E-state index is -0.232. The summed E-state index contributed by atoms with van der Waals surface area (Å²) in [5.74, 6) is 0.403. The van der Waals surface area contributed by atoms with E-state index in [0.717, 1.165) is 11.4 Å². The van der Waals surface area contributed by atoms with E-state index in [2.05, 4.69) is 20.8 Å². The lowest BCUT2D eigenvalue weighted by molar-refractivity contribution is 0.102. The van der Waals surface area contributed by atoms with Crippen LogP contribution in [0, 0.1) is 11.3 Å². The SMILES string of the molecule is CN(C)c1cnnc(Nc2ccc(NC(=O)c3ccc(C#N)cc3)cc2)c1. The number of aromatic nitrogens is 2. The van der Waals surface area contributed by atoms with E-state index in [-0.39, 0.29) is 5.91 Å². The van der Waals surface area contributed by atoms with Crippen molar-refractivity contribution in [1.29, 1.82) is 5.26 Å². The van der Waals surface area contributed by atoms with E-state index >= 15 is 0 Å². The second kappa shape index (κ2) is 7.97. The summed E-state index contributed by atoms with van der Waals surface area (Å²) in [7, 11) is 3.87. The smallest absolute Gasteiger partial charge is 0.255 e. The molecule has 2 N–H and O–H groups in total. The Morgan fingerprint density at radius 1 is 1.04 bits per heavy atom. The first-order valence-electron chi connectivity index (χ1n) is 8.24. The van der Waals surface area contributed by atoms with Crippen LogP contribution in [0.25, 0.3) is 0 Å². The fraction of sp³-hybridized carbons (Fsp3) is 0.100. The zero-order valence-corrected chi connectivity index (χ0v) is 15.0. The molecule has 0 fully saturated rings. The predicted molar refractivity (Wildman–Crippen MR) is 105 cm³/mol. The summed E-state index contributed by atoms with van der Waals surface area (Å²) in [5, 5.41) is 22.9. The Hall–Kier alpha value is -3.92. The molecule has 0 saturated heterocycles. The highest BCUT2D eigenvalue weighted by Gasteiger charge is 2.06. The Bertz CT molecular complexity index is 975. The third kappa shape index (κ3) is 4.58. The number of nitriles is 1. The number of nitrogens with one attached hydrogen (secondary N) is 2. The first-order chi connectivity index (χ1) is 13.0. The van der Waals surface area contributed by atoms with Crippen molar-refractivity contribution in [3.8, 4) is 6.07 Å². The molecule has 1 amide bonds. The third-order valence-corrected chi connectivity index (χ3v) is 3.85. The highest BCUT2D eigenvalue weighted by Crippen LogP contribution is 2.20. The normalized spacial score (nSPS) is 9.96. The lowest BCUT2D eigenvalue weighted by Crippen LogP contribution is -2.11. The van der Waals surface area contributed by atoms with Crippen molar-refractivity contribution in [2.75, 3.05) is 29.6 Å². The number of carbonyl (C=O) groups excluding carboxylic acids is 1. The quantitative estimate of drug-likeness (QED) is 0.726. The summed E-state index contributed by atoms with van der Waals surface area (Å²) < 4.78 is 0. The molecular weight excluding hydrogens is 340 g/mol. The number of hydrogen-bond donors (Lipinski definition) is 2. The van der Waals surface area contributed by atoms with Crippen molar-refractivity contribution in [3.05, 3.63) is 71.9 Å². The summed E-state index contributed by atoms with van der Waals surface area (Å²) in [6.45, 7) is 0. The Labute approximate surface area is 157 Å². The van der Waals surface area contributed by atoms with E-state index in [1.807, 2.05) is 43.3 Å². The average Bonchev–Trinajstić information content (AvgIpc) is 2.69. The van der Waals surface area contributed by atoms with Crippen LogP contribution in [0.5, 0.6) is 0 Å². The van der Waals surface area contributed by atoms with Crippen LogP contribution in [0.4, 0.5) is 22.9 Å². The van der Waals surface area contributed by atoms with Crippen LogP contribution >= 0.6 is 0 Å². The van der Waals surface area contributed by atoms with Gasteiger partial charge in [-0.15, -0.1) is 5.10 Å². The van der Waals surface area contributed by atoms with Gasteiger partial charge in [-0.1, -0.05) is 0 Å². The molecule has 7 nitrogen and oxygen atoms in total. The summed E-state index contributed by atoms with van der Waals surface area (Å²) in [4.78, 5) is 14.2. The predicted octanol–water partition coefficient (Wildman–Crippen LogP) is 3.41. The van der Waals surface area contributed by atoms with E-state index < -0.39 is 0 Å². The highest BCUT2D eigenvalue weighted by molar-refractivity contribution is 6.04. The number of rotatable bonds is 5. The van der Waals surface area contributed by atoms with Gasteiger partial charge >= 0.3 is 0 Å². The maximum absolute atomic E-state index is 12.3. The molecule has 0 radical (unpaired) electrons. The largest absolute Gasteiger partial charge is 0.376 e. The topological polar surface area (TPSA) is 93.9 Å². The molecule has 1 heterocycles. The molecule has 0 unspecified atom stereocenters. The zero-order chi connectivity index (χ0) is 19.2. The van der Waals surface area contributed by atoms with E-state index in [9.17, 15) is 4.79 Å². The molecule has 0 saturated carbocycles. The molecule has 0 atom stereocenters. The summed E-state index contributed by atoms with van der Waals surface area (Å²) in [5.41, 5.74) is 3.45.